The molecule has 3 aromatic rings. The van der Waals surface area contributed by atoms with Crippen molar-refractivity contribution in [2.24, 2.45) is 0 Å². The molecule has 0 bridgehead atoms. The number of carbonyl (C=O) groups excluding carboxylic acids is 2. The molecule has 6 nitrogen and oxygen atoms in total. The summed E-state index contributed by atoms with van der Waals surface area (Å²) in [5.41, 5.74) is 0.878. The van der Waals surface area contributed by atoms with Crippen LogP contribution in [0.4, 0.5) is 15.8 Å². The lowest BCUT2D eigenvalue weighted by Gasteiger charge is -2.08. The Hall–Kier alpha value is -3.52. The number of anilines is 1. The van der Waals surface area contributed by atoms with Gasteiger partial charge in [-0.1, -0.05) is 11.8 Å². The van der Waals surface area contributed by atoms with Gasteiger partial charge in [0.15, 0.2) is 5.78 Å². The number of benzene rings is 3. The van der Waals surface area contributed by atoms with Gasteiger partial charge in [-0.3, -0.25) is 19.7 Å². The molecule has 3 aromatic carbocycles. The molecular formula is C21H15FN2O4S. The minimum atomic E-state index is -0.565. The van der Waals surface area contributed by atoms with Crippen LogP contribution in [-0.2, 0) is 0 Å². The van der Waals surface area contributed by atoms with E-state index in [2.05, 4.69) is 5.32 Å². The molecule has 1 N–H and O–H groups in total. The molecule has 1 amide bonds. The molecule has 0 spiro atoms. The zero-order chi connectivity index (χ0) is 21.0. The fraction of sp³-hybridized carbons (Fsp3) is 0.0476. The Bertz CT molecular complexity index is 1080. The molecule has 29 heavy (non-hydrogen) atoms. The normalized spacial score (nSPS) is 10.4. The number of amides is 1. The second kappa shape index (κ2) is 8.66. The maximum Gasteiger partial charge on any atom is 0.284 e. The highest BCUT2D eigenvalue weighted by atomic mass is 32.2. The molecule has 0 aliphatic heterocycles. The largest absolute Gasteiger partial charge is 0.322 e. The molecular weight excluding hydrogens is 395 g/mol. The summed E-state index contributed by atoms with van der Waals surface area (Å²) in [5, 5.41) is 14.1. The fourth-order valence-electron chi connectivity index (χ4n) is 2.51. The third-order valence-corrected chi connectivity index (χ3v) is 5.08. The van der Waals surface area contributed by atoms with Crippen molar-refractivity contribution in [1.29, 1.82) is 0 Å². The lowest BCUT2D eigenvalue weighted by atomic mass is 10.1. The van der Waals surface area contributed by atoms with Crippen molar-refractivity contribution in [1.82, 2.24) is 0 Å². The van der Waals surface area contributed by atoms with Gasteiger partial charge in [-0.05, 0) is 67.6 Å². The maximum atomic E-state index is 13.0. The van der Waals surface area contributed by atoms with Crippen molar-refractivity contribution < 1.29 is 18.9 Å². The van der Waals surface area contributed by atoms with Gasteiger partial charge in [-0.25, -0.2) is 4.39 Å². The molecule has 146 valence electrons. The lowest BCUT2D eigenvalue weighted by Crippen LogP contribution is -2.12. The van der Waals surface area contributed by atoms with E-state index in [9.17, 15) is 24.1 Å². The number of nitro benzene ring substituents is 1. The van der Waals surface area contributed by atoms with E-state index < -0.39 is 16.6 Å². The van der Waals surface area contributed by atoms with Gasteiger partial charge in [-0.15, -0.1) is 0 Å². The van der Waals surface area contributed by atoms with Crippen molar-refractivity contribution >= 4 is 34.8 Å². The predicted octanol–water partition coefficient (Wildman–Crippen LogP) is 5.34. The minimum Gasteiger partial charge on any atom is -0.322 e. The Morgan fingerprint density at radius 1 is 0.966 bits per heavy atom. The van der Waals surface area contributed by atoms with E-state index in [1.807, 2.05) is 0 Å². The van der Waals surface area contributed by atoms with Crippen LogP contribution in [-0.4, -0.2) is 16.6 Å². The van der Waals surface area contributed by atoms with Crippen LogP contribution >= 0.6 is 11.8 Å². The first-order chi connectivity index (χ1) is 13.8. The number of nitro groups is 1. The molecule has 0 saturated heterocycles. The van der Waals surface area contributed by atoms with Gasteiger partial charge in [0.25, 0.3) is 11.6 Å². The van der Waals surface area contributed by atoms with E-state index in [-0.39, 0.29) is 17.0 Å². The van der Waals surface area contributed by atoms with Gasteiger partial charge in [0.1, 0.15) is 5.82 Å². The average Bonchev–Trinajstić information content (AvgIpc) is 2.70. The first-order valence-corrected chi connectivity index (χ1v) is 9.29. The van der Waals surface area contributed by atoms with Gasteiger partial charge in [-0.2, -0.15) is 0 Å². The van der Waals surface area contributed by atoms with Crippen LogP contribution in [0.3, 0.4) is 0 Å². The van der Waals surface area contributed by atoms with Crippen molar-refractivity contribution in [2.45, 2.75) is 16.7 Å². The van der Waals surface area contributed by atoms with Gasteiger partial charge < -0.3 is 5.32 Å². The van der Waals surface area contributed by atoms with Gasteiger partial charge in [0.2, 0.25) is 0 Å². The van der Waals surface area contributed by atoms with Crippen LogP contribution < -0.4 is 5.32 Å². The summed E-state index contributed by atoms with van der Waals surface area (Å²) >= 11 is 1.11. The first kappa shape index (κ1) is 20.2. The average molecular weight is 410 g/mol. The number of hydrogen-bond acceptors (Lipinski definition) is 5. The van der Waals surface area contributed by atoms with Crippen molar-refractivity contribution in [2.75, 3.05) is 5.32 Å². The Kier molecular flexibility index (Phi) is 6.04. The molecule has 0 saturated carbocycles. The molecule has 0 atom stereocenters. The fourth-order valence-corrected chi connectivity index (χ4v) is 3.41. The topological polar surface area (TPSA) is 89.3 Å². The Morgan fingerprint density at radius 3 is 2.17 bits per heavy atom. The maximum absolute atomic E-state index is 13.0. The summed E-state index contributed by atoms with van der Waals surface area (Å²) in [5.74, 6) is -0.998. The van der Waals surface area contributed by atoms with Gasteiger partial charge in [0, 0.05) is 27.8 Å². The van der Waals surface area contributed by atoms with Crippen LogP contribution in [0.1, 0.15) is 27.6 Å². The van der Waals surface area contributed by atoms with Gasteiger partial charge in [0.05, 0.1) is 9.82 Å². The smallest absolute Gasteiger partial charge is 0.284 e. The molecule has 0 unspecified atom stereocenters. The van der Waals surface area contributed by atoms with E-state index >= 15 is 0 Å². The van der Waals surface area contributed by atoms with Crippen LogP contribution in [0.25, 0.3) is 0 Å². The molecule has 0 aliphatic carbocycles. The summed E-state index contributed by atoms with van der Waals surface area (Å²) < 4.78 is 13.0. The molecule has 0 radical (unpaired) electrons. The summed E-state index contributed by atoms with van der Waals surface area (Å²) in [6, 6.07) is 16.1. The highest BCUT2D eigenvalue weighted by molar-refractivity contribution is 7.99. The van der Waals surface area contributed by atoms with Crippen LogP contribution in [0, 0.1) is 15.9 Å². The molecule has 0 aromatic heterocycles. The van der Waals surface area contributed by atoms with E-state index in [1.54, 1.807) is 24.3 Å². The standard InChI is InChI=1S/C21H15FN2O4S/c1-13(25)14-2-7-17(8-3-14)23-21(26)15-4-11-20(19(12-15)24(27)28)29-18-9-5-16(22)6-10-18/h2-12H,1H3,(H,23,26). The molecule has 0 aliphatic rings. The highest BCUT2D eigenvalue weighted by Gasteiger charge is 2.19. The Balaban J connectivity index is 1.81. The SMILES string of the molecule is CC(=O)c1ccc(NC(=O)c2ccc(Sc3ccc(F)cc3)c([N+](=O)[O-])c2)cc1. The molecule has 0 fully saturated rings. The monoisotopic (exact) mass is 410 g/mol. The number of Topliss-reactive ketones (excluding diaryl/α,β-unsaturated/α-hetero) is 1. The number of hydrogen-bond donors (Lipinski definition) is 1. The van der Waals surface area contributed by atoms with Crippen molar-refractivity contribution in [3.63, 3.8) is 0 Å². The molecule has 0 heterocycles. The number of carbonyl (C=O) groups is 2. The number of nitrogens with one attached hydrogen (secondary N) is 1. The zero-order valence-corrected chi connectivity index (χ0v) is 16.0. The summed E-state index contributed by atoms with van der Waals surface area (Å²) in [7, 11) is 0. The molecule has 8 heteroatoms. The van der Waals surface area contributed by atoms with Crippen molar-refractivity contribution in [3.8, 4) is 0 Å². The lowest BCUT2D eigenvalue weighted by molar-refractivity contribution is -0.387. The van der Waals surface area contributed by atoms with E-state index in [0.29, 0.717) is 21.0 Å². The van der Waals surface area contributed by atoms with Crippen LogP contribution in [0.15, 0.2) is 76.5 Å². The third-order valence-electron chi connectivity index (χ3n) is 4.01. The van der Waals surface area contributed by atoms with Crippen molar-refractivity contribution in [3.05, 3.63) is 93.8 Å². The summed E-state index contributed by atoms with van der Waals surface area (Å²) in [4.78, 5) is 35.7. The van der Waals surface area contributed by atoms with Crippen LogP contribution in [0.2, 0.25) is 0 Å². The summed E-state index contributed by atoms with van der Waals surface area (Å²) in [6.45, 7) is 1.44. The first-order valence-electron chi connectivity index (χ1n) is 8.48. The predicted molar refractivity (Wildman–Crippen MR) is 108 cm³/mol. The Labute approximate surface area is 169 Å². The van der Waals surface area contributed by atoms with Gasteiger partial charge >= 0.3 is 0 Å². The van der Waals surface area contributed by atoms with Crippen LogP contribution in [0.5, 0.6) is 0 Å². The Morgan fingerprint density at radius 2 is 1.59 bits per heavy atom. The quantitative estimate of drug-likeness (QED) is 0.337. The highest BCUT2D eigenvalue weighted by Crippen LogP contribution is 2.35. The number of nitrogens with zero attached hydrogens (tertiary/aromatic N) is 1. The van der Waals surface area contributed by atoms with E-state index in [4.69, 9.17) is 0 Å². The second-order valence-electron chi connectivity index (χ2n) is 6.08. The zero-order valence-electron chi connectivity index (χ0n) is 15.2. The van der Waals surface area contributed by atoms with E-state index in [1.165, 1.54) is 49.4 Å². The number of rotatable bonds is 6. The number of halogens is 1. The molecule has 3 rings (SSSR count). The summed E-state index contributed by atoms with van der Waals surface area (Å²) in [6.07, 6.45) is 0. The minimum absolute atomic E-state index is 0.0901. The van der Waals surface area contributed by atoms with E-state index in [0.717, 1.165) is 11.8 Å². The second-order valence-corrected chi connectivity index (χ2v) is 7.20. The number of ketones is 1. The third kappa shape index (κ3) is 5.05.